The molecule has 0 aliphatic carbocycles. The second-order valence-electron chi connectivity index (χ2n) is 11.1. The van der Waals surface area contributed by atoms with Gasteiger partial charge in [0, 0.05) is 62.7 Å². The lowest BCUT2D eigenvalue weighted by Gasteiger charge is -2.40. The Kier molecular flexibility index (Phi) is 14.3. The summed E-state index contributed by atoms with van der Waals surface area (Å²) in [6, 6.07) is 11.4. The lowest BCUT2D eigenvalue weighted by molar-refractivity contribution is 0.0936. The van der Waals surface area contributed by atoms with Gasteiger partial charge in [-0.25, -0.2) is 18.6 Å². The Hall–Kier alpha value is -4.33. The molecule has 4 amide bonds. The van der Waals surface area contributed by atoms with Crippen LogP contribution in [0.25, 0.3) is 0 Å². The van der Waals surface area contributed by atoms with Gasteiger partial charge in [0.05, 0.1) is 17.9 Å². The Morgan fingerprint density at radius 3 is 2.51 bits per heavy atom. The Morgan fingerprint density at radius 2 is 1.85 bits per heavy atom. The van der Waals surface area contributed by atoms with Gasteiger partial charge in [0.15, 0.2) is 0 Å². The minimum Gasteiger partial charge on any atom is -0.439 e. The van der Waals surface area contributed by atoms with Crippen LogP contribution in [0, 0.1) is 11.6 Å². The van der Waals surface area contributed by atoms with E-state index in [2.05, 4.69) is 32.8 Å². The van der Waals surface area contributed by atoms with Crippen molar-refractivity contribution in [3.63, 3.8) is 0 Å². The maximum Gasteiger partial charge on any atom is 0.319 e. The standard InChI is InChI=1S/C33H40F2N6O5.ClH/c1-3-4-5-24-16-23(39-33(44)40-29-17-26(31(36)42)27(34)18-28(29)35)12-14-41(24)20-21-6-11-30(38-19-21)46-25-9-7-22(8-10-25)32(43)37-13-15-45-2;/h6-11,17-19,23-24H,3-5,12-16,20H2,1-2H3,(H2,36,42)(H,37,43)(H2,39,40,44);1H. The Balaban J connectivity index is 0.00000600. The number of pyridine rings is 1. The number of aromatic nitrogens is 1. The van der Waals surface area contributed by atoms with Gasteiger partial charge in [-0.15, -0.1) is 12.4 Å². The molecule has 0 saturated carbocycles. The van der Waals surface area contributed by atoms with E-state index in [4.69, 9.17) is 15.2 Å². The summed E-state index contributed by atoms with van der Waals surface area (Å²) in [6.07, 6.45) is 6.14. The summed E-state index contributed by atoms with van der Waals surface area (Å²) in [6.45, 7) is 4.39. The third-order valence-electron chi connectivity index (χ3n) is 7.75. The summed E-state index contributed by atoms with van der Waals surface area (Å²) < 4.78 is 38.9. The van der Waals surface area contributed by atoms with Crippen molar-refractivity contribution in [2.75, 3.05) is 32.1 Å². The molecule has 1 saturated heterocycles. The van der Waals surface area contributed by atoms with Gasteiger partial charge in [0.2, 0.25) is 5.88 Å². The molecule has 2 heterocycles. The van der Waals surface area contributed by atoms with Crippen molar-refractivity contribution in [1.29, 1.82) is 0 Å². The van der Waals surface area contributed by atoms with Gasteiger partial charge in [0.1, 0.15) is 17.4 Å². The topological polar surface area (TPSA) is 148 Å². The highest BCUT2D eigenvalue weighted by atomic mass is 35.5. The number of nitrogens with one attached hydrogen (secondary N) is 3. The average Bonchev–Trinajstić information content (AvgIpc) is 3.03. The number of urea groups is 1. The number of halogens is 3. The molecule has 254 valence electrons. The van der Waals surface area contributed by atoms with Gasteiger partial charge in [-0.05, 0) is 55.2 Å². The maximum absolute atomic E-state index is 14.2. The van der Waals surface area contributed by atoms with Crippen LogP contribution in [0.2, 0.25) is 0 Å². The molecule has 1 aliphatic rings. The molecule has 2 unspecified atom stereocenters. The summed E-state index contributed by atoms with van der Waals surface area (Å²) in [4.78, 5) is 43.1. The first-order valence-corrected chi connectivity index (χ1v) is 15.3. The lowest BCUT2D eigenvalue weighted by Crippen LogP contribution is -2.50. The van der Waals surface area contributed by atoms with Crippen molar-refractivity contribution in [3.05, 3.63) is 83.1 Å². The van der Waals surface area contributed by atoms with Gasteiger partial charge in [0.25, 0.3) is 11.8 Å². The van der Waals surface area contributed by atoms with Crippen LogP contribution >= 0.6 is 12.4 Å². The fraction of sp³-hybridized carbons (Fsp3) is 0.394. The van der Waals surface area contributed by atoms with Crippen LogP contribution in [0.3, 0.4) is 0 Å². The predicted molar refractivity (Wildman–Crippen MR) is 176 cm³/mol. The fourth-order valence-electron chi connectivity index (χ4n) is 5.32. The zero-order chi connectivity index (χ0) is 33.1. The first kappa shape index (κ1) is 37.1. The number of benzene rings is 2. The maximum atomic E-state index is 14.2. The van der Waals surface area contributed by atoms with Crippen molar-refractivity contribution in [2.45, 2.75) is 57.7 Å². The molecule has 14 heteroatoms. The van der Waals surface area contributed by atoms with Gasteiger partial charge in [-0.1, -0.05) is 25.8 Å². The molecule has 1 aromatic heterocycles. The number of likely N-dealkylation sites (tertiary alicyclic amines) is 1. The number of amides is 4. The largest absolute Gasteiger partial charge is 0.439 e. The highest BCUT2D eigenvalue weighted by Crippen LogP contribution is 2.26. The van der Waals surface area contributed by atoms with E-state index < -0.39 is 29.1 Å². The number of hydrogen-bond donors (Lipinski definition) is 4. The minimum atomic E-state index is -1.09. The molecule has 4 rings (SSSR count). The minimum absolute atomic E-state index is 0. The van der Waals surface area contributed by atoms with Crippen molar-refractivity contribution < 1.29 is 32.6 Å². The first-order chi connectivity index (χ1) is 22.2. The number of nitrogens with zero attached hydrogens (tertiary/aromatic N) is 2. The predicted octanol–water partition coefficient (Wildman–Crippen LogP) is 5.39. The lowest BCUT2D eigenvalue weighted by atomic mass is 9.93. The number of unbranched alkanes of at least 4 members (excludes halogenated alkanes) is 1. The van der Waals surface area contributed by atoms with E-state index >= 15 is 0 Å². The molecule has 0 bridgehead atoms. The second kappa shape index (κ2) is 18.1. The third-order valence-corrected chi connectivity index (χ3v) is 7.75. The third kappa shape index (κ3) is 10.9. The number of nitrogens with two attached hydrogens (primary N) is 1. The normalized spacial score (nSPS) is 16.1. The quantitative estimate of drug-likeness (QED) is 0.168. The van der Waals surface area contributed by atoms with E-state index in [0.29, 0.717) is 55.8 Å². The van der Waals surface area contributed by atoms with Gasteiger partial charge in [-0.2, -0.15) is 0 Å². The molecule has 2 atom stereocenters. The monoisotopic (exact) mass is 674 g/mol. The SMILES string of the molecule is CCCCC1CC(NC(=O)Nc2cc(C(N)=O)c(F)cc2F)CCN1Cc1ccc(Oc2ccc(C(=O)NCCOC)cc2)nc1.Cl. The number of ether oxygens (including phenoxy) is 2. The van der Waals surface area contributed by atoms with Crippen LogP contribution in [0.4, 0.5) is 19.3 Å². The van der Waals surface area contributed by atoms with Gasteiger partial charge < -0.3 is 31.2 Å². The second-order valence-corrected chi connectivity index (χ2v) is 11.1. The van der Waals surface area contributed by atoms with Crippen LogP contribution < -0.4 is 26.4 Å². The number of methoxy groups -OCH3 is 1. The van der Waals surface area contributed by atoms with Crippen molar-refractivity contribution in [2.24, 2.45) is 5.73 Å². The van der Waals surface area contributed by atoms with Crippen LogP contribution in [0.5, 0.6) is 11.6 Å². The number of piperidine rings is 1. The Labute approximate surface area is 279 Å². The molecule has 11 nitrogen and oxygen atoms in total. The number of carbonyl (C=O) groups is 3. The van der Waals surface area contributed by atoms with Crippen molar-refractivity contribution >= 4 is 35.9 Å². The van der Waals surface area contributed by atoms with Crippen LogP contribution in [-0.2, 0) is 11.3 Å². The summed E-state index contributed by atoms with van der Waals surface area (Å²) in [5, 5.41) is 8.04. The van der Waals surface area contributed by atoms with E-state index in [1.54, 1.807) is 43.6 Å². The van der Waals surface area contributed by atoms with Gasteiger partial charge in [-0.3, -0.25) is 14.5 Å². The first-order valence-electron chi connectivity index (χ1n) is 15.3. The average molecular weight is 675 g/mol. The molecule has 0 radical (unpaired) electrons. The number of anilines is 1. The molecular formula is C33H41ClF2N6O5. The van der Waals surface area contributed by atoms with Crippen LogP contribution in [0.1, 0.15) is 65.3 Å². The van der Waals surface area contributed by atoms with E-state index in [-0.39, 0.29) is 36.1 Å². The fourth-order valence-corrected chi connectivity index (χ4v) is 5.32. The molecule has 2 aromatic carbocycles. The van der Waals surface area contributed by atoms with E-state index in [1.165, 1.54) is 0 Å². The van der Waals surface area contributed by atoms with Gasteiger partial charge >= 0.3 is 6.03 Å². The smallest absolute Gasteiger partial charge is 0.319 e. The summed E-state index contributed by atoms with van der Waals surface area (Å²) in [7, 11) is 1.57. The molecule has 47 heavy (non-hydrogen) atoms. The van der Waals surface area contributed by atoms with Crippen LogP contribution in [-0.4, -0.2) is 66.6 Å². The molecule has 1 fully saturated rings. The molecule has 5 N–H and O–H groups in total. The zero-order valence-electron chi connectivity index (χ0n) is 26.4. The summed E-state index contributed by atoms with van der Waals surface area (Å²) >= 11 is 0. The van der Waals surface area contributed by atoms with Crippen LogP contribution in [0.15, 0.2) is 54.7 Å². The number of hydrogen-bond acceptors (Lipinski definition) is 7. The Bertz CT molecular complexity index is 1500. The highest BCUT2D eigenvalue weighted by Gasteiger charge is 2.29. The molecule has 0 spiro atoms. The van der Waals surface area contributed by atoms with E-state index in [0.717, 1.165) is 37.4 Å². The Morgan fingerprint density at radius 1 is 1.09 bits per heavy atom. The molecule has 3 aromatic rings. The highest BCUT2D eigenvalue weighted by molar-refractivity contribution is 5.96. The summed E-state index contributed by atoms with van der Waals surface area (Å²) in [5.74, 6) is -2.36. The van der Waals surface area contributed by atoms with Crippen molar-refractivity contribution in [3.8, 4) is 11.6 Å². The van der Waals surface area contributed by atoms with E-state index in [1.807, 2.05) is 6.07 Å². The van der Waals surface area contributed by atoms with E-state index in [9.17, 15) is 23.2 Å². The summed E-state index contributed by atoms with van der Waals surface area (Å²) in [5.41, 5.74) is 5.84. The molecule has 1 aliphatic heterocycles. The van der Waals surface area contributed by atoms with Crippen molar-refractivity contribution in [1.82, 2.24) is 20.5 Å². The number of carbonyl (C=O) groups excluding carboxylic acids is 3. The zero-order valence-corrected chi connectivity index (χ0v) is 27.2. The molecular weight excluding hydrogens is 634 g/mol. The number of primary amides is 1. The number of rotatable bonds is 14.